The van der Waals surface area contributed by atoms with E-state index in [0.717, 1.165) is 11.1 Å². The van der Waals surface area contributed by atoms with Crippen LogP contribution in [0.25, 0.3) is 0 Å². The van der Waals surface area contributed by atoms with Crippen LogP contribution in [0.4, 0.5) is 5.69 Å². The van der Waals surface area contributed by atoms with Crippen LogP contribution < -0.4 is 5.32 Å². The van der Waals surface area contributed by atoms with Crippen LogP contribution in [0.1, 0.15) is 24.1 Å². The SMILES string of the molecule is Cc1ccc(O)c(C(C)Nc2ccccc2S(C)(=O)=O)c1. The minimum atomic E-state index is -3.30. The standard InChI is InChI=1S/C16H19NO3S/c1-11-8-9-15(18)13(10-11)12(2)17-14-6-4-5-7-16(14)21(3,19)20/h4-10,12,17-18H,1-3H3. The second-order valence-corrected chi connectivity index (χ2v) is 7.18. The van der Waals surface area contributed by atoms with Gasteiger partial charge in [0, 0.05) is 11.8 Å². The Bertz CT molecular complexity index is 754. The maximum atomic E-state index is 11.8. The van der Waals surface area contributed by atoms with E-state index in [1.807, 2.05) is 26.0 Å². The van der Waals surface area contributed by atoms with Crippen molar-refractivity contribution in [1.29, 1.82) is 0 Å². The number of phenols is 1. The van der Waals surface area contributed by atoms with E-state index in [0.29, 0.717) is 5.69 Å². The predicted octanol–water partition coefficient (Wildman–Crippen LogP) is 3.28. The maximum absolute atomic E-state index is 11.8. The van der Waals surface area contributed by atoms with Crippen LogP contribution in [0.3, 0.4) is 0 Å². The lowest BCUT2D eigenvalue weighted by Gasteiger charge is -2.19. The fourth-order valence-electron chi connectivity index (χ4n) is 2.24. The average molecular weight is 305 g/mol. The van der Waals surface area contributed by atoms with Crippen LogP contribution in [-0.4, -0.2) is 19.8 Å². The number of nitrogens with one attached hydrogen (secondary N) is 1. The Labute approximate surface area is 125 Å². The zero-order valence-corrected chi connectivity index (χ0v) is 13.1. The second kappa shape index (κ2) is 5.77. The molecule has 1 atom stereocenters. The summed E-state index contributed by atoms with van der Waals surface area (Å²) in [5.41, 5.74) is 2.31. The van der Waals surface area contributed by atoms with Crippen molar-refractivity contribution in [2.24, 2.45) is 0 Å². The summed E-state index contributed by atoms with van der Waals surface area (Å²) in [6.07, 6.45) is 1.18. The molecule has 4 nitrogen and oxygen atoms in total. The van der Waals surface area contributed by atoms with Gasteiger partial charge in [-0.25, -0.2) is 8.42 Å². The first-order valence-corrected chi connectivity index (χ1v) is 8.53. The summed E-state index contributed by atoms with van der Waals surface area (Å²) in [6.45, 7) is 3.83. The van der Waals surface area contributed by atoms with E-state index in [-0.39, 0.29) is 16.7 Å². The van der Waals surface area contributed by atoms with Gasteiger partial charge in [-0.2, -0.15) is 0 Å². The largest absolute Gasteiger partial charge is 0.508 e. The highest BCUT2D eigenvalue weighted by Gasteiger charge is 2.16. The smallest absolute Gasteiger partial charge is 0.177 e. The highest BCUT2D eigenvalue weighted by atomic mass is 32.2. The highest BCUT2D eigenvalue weighted by Crippen LogP contribution is 2.30. The van der Waals surface area contributed by atoms with Crippen LogP contribution in [-0.2, 0) is 9.84 Å². The summed E-state index contributed by atoms with van der Waals surface area (Å²) >= 11 is 0. The van der Waals surface area contributed by atoms with Gasteiger partial charge in [-0.15, -0.1) is 0 Å². The lowest BCUT2D eigenvalue weighted by molar-refractivity contribution is 0.465. The molecular weight excluding hydrogens is 286 g/mol. The van der Waals surface area contributed by atoms with Gasteiger partial charge >= 0.3 is 0 Å². The first kappa shape index (κ1) is 15.4. The fourth-order valence-corrected chi connectivity index (χ4v) is 3.09. The van der Waals surface area contributed by atoms with Crippen LogP contribution in [0, 0.1) is 6.92 Å². The van der Waals surface area contributed by atoms with Gasteiger partial charge in [-0.3, -0.25) is 0 Å². The number of para-hydroxylation sites is 1. The third-order valence-corrected chi connectivity index (χ3v) is 4.46. The van der Waals surface area contributed by atoms with Crippen LogP contribution in [0.5, 0.6) is 5.75 Å². The van der Waals surface area contributed by atoms with Crippen molar-refractivity contribution in [2.75, 3.05) is 11.6 Å². The van der Waals surface area contributed by atoms with Crippen molar-refractivity contribution < 1.29 is 13.5 Å². The van der Waals surface area contributed by atoms with E-state index in [1.54, 1.807) is 30.3 Å². The van der Waals surface area contributed by atoms with Crippen molar-refractivity contribution in [2.45, 2.75) is 24.8 Å². The molecule has 0 spiro atoms. The van der Waals surface area contributed by atoms with E-state index >= 15 is 0 Å². The zero-order chi connectivity index (χ0) is 15.6. The Morgan fingerprint density at radius 3 is 2.48 bits per heavy atom. The molecular formula is C16H19NO3S. The number of anilines is 1. The Balaban J connectivity index is 2.37. The lowest BCUT2D eigenvalue weighted by atomic mass is 10.0. The van der Waals surface area contributed by atoms with Gasteiger partial charge in [-0.05, 0) is 32.0 Å². The molecule has 0 bridgehead atoms. The molecule has 0 fully saturated rings. The highest BCUT2D eigenvalue weighted by molar-refractivity contribution is 7.90. The molecule has 5 heteroatoms. The normalized spacial score (nSPS) is 12.9. The molecule has 0 saturated carbocycles. The summed E-state index contributed by atoms with van der Waals surface area (Å²) in [5, 5.41) is 13.1. The van der Waals surface area contributed by atoms with E-state index in [4.69, 9.17) is 0 Å². The van der Waals surface area contributed by atoms with E-state index < -0.39 is 9.84 Å². The van der Waals surface area contributed by atoms with Gasteiger partial charge in [-0.1, -0.05) is 29.8 Å². The third-order valence-electron chi connectivity index (χ3n) is 3.31. The van der Waals surface area contributed by atoms with Crippen molar-refractivity contribution >= 4 is 15.5 Å². The molecule has 21 heavy (non-hydrogen) atoms. The van der Waals surface area contributed by atoms with E-state index in [9.17, 15) is 13.5 Å². The van der Waals surface area contributed by atoms with Gasteiger partial charge in [0.15, 0.2) is 9.84 Å². The number of benzene rings is 2. The number of rotatable bonds is 4. The summed E-state index contributed by atoms with van der Waals surface area (Å²) in [4.78, 5) is 0.254. The molecule has 0 radical (unpaired) electrons. The average Bonchev–Trinajstić information content (AvgIpc) is 2.41. The number of hydrogen-bond acceptors (Lipinski definition) is 4. The van der Waals surface area contributed by atoms with Crippen LogP contribution in [0.15, 0.2) is 47.4 Å². The molecule has 0 saturated heterocycles. The molecule has 0 aromatic heterocycles. The first-order chi connectivity index (χ1) is 9.79. The summed E-state index contributed by atoms with van der Waals surface area (Å²) in [6, 6.07) is 11.9. The predicted molar refractivity (Wildman–Crippen MR) is 84.4 cm³/mol. The van der Waals surface area contributed by atoms with E-state index in [2.05, 4.69) is 5.32 Å². The molecule has 0 aliphatic rings. The molecule has 0 amide bonds. The molecule has 2 rings (SSSR count). The number of aryl methyl sites for hydroxylation is 1. The monoisotopic (exact) mass is 305 g/mol. The molecule has 0 aliphatic heterocycles. The lowest BCUT2D eigenvalue weighted by Crippen LogP contribution is -2.10. The van der Waals surface area contributed by atoms with Gasteiger partial charge in [0.2, 0.25) is 0 Å². The minimum Gasteiger partial charge on any atom is -0.508 e. The molecule has 2 aromatic carbocycles. The summed E-state index contributed by atoms with van der Waals surface area (Å²) in [5.74, 6) is 0.192. The van der Waals surface area contributed by atoms with Crippen molar-refractivity contribution in [1.82, 2.24) is 0 Å². The topological polar surface area (TPSA) is 66.4 Å². The number of hydrogen-bond donors (Lipinski definition) is 2. The molecule has 112 valence electrons. The van der Waals surface area contributed by atoms with Crippen molar-refractivity contribution in [3.05, 3.63) is 53.6 Å². The van der Waals surface area contributed by atoms with Crippen molar-refractivity contribution in [3.8, 4) is 5.75 Å². The molecule has 2 N–H and O–H groups in total. The fraction of sp³-hybridized carbons (Fsp3) is 0.250. The molecule has 1 unspecified atom stereocenters. The maximum Gasteiger partial charge on any atom is 0.177 e. The van der Waals surface area contributed by atoms with Crippen LogP contribution in [0.2, 0.25) is 0 Å². The number of phenolic OH excluding ortho intramolecular Hbond substituents is 1. The van der Waals surface area contributed by atoms with Crippen LogP contribution >= 0.6 is 0 Å². The van der Waals surface area contributed by atoms with Gasteiger partial charge in [0.05, 0.1) is 16.6 Å². The number of aromatic hydroxyl groups is 1. The van der Waals surface area contributed by atoms with Crippen molar-refractivity contribution in [3.63, 3.8) is 0 Å². The Kier molecular flexibility index (Phi) is 4.23. The van der Waals surface area contributed by atoms with Gasteiger partial charge in [0.1, 0.15) is 5.75 Å². The quantitative estimate of drug-likeness (QED) is 0.909. The molecule has 0 aliphatic carbocycles. The molecule has 0 heterocycles. The summed E-state index contributed by atoms with van der Waals surface area (Å²) in [7, 11) is -3.30. The number of sulfone groups is 1. The van der Waals surface area contributed by atoms with Gasteiger partial charge < -0.3 is 10.4 Å². The Morgan fingerprint density at radius 2 is 1.81 bits per heavy atom. The Hall–Kier alpha value is -2.01. The summed E-state index contributed by atoms with van der Waals surface area (Å²) < 4.78 is 23.6. The minimum absolute atomic E-state index is 0.192. The molecule has 2 aromatic rings. The first-order valence-electron chi connectivity index (χ1n) is 6.64. The van der Waals surface area contributed by atoms with Gasteiger partial charge in [0.25, 0.3) is 0 Å². The third kappa shape index (κ3) is 3.55. The second-order valence-electron chi connectivity index (χ2n) is 5.20. The zero-order valence-electron chi connectivity index (χ0n) is 12.3. The van der Waals surface area contributed by atoms with E-state index in [1.165, 1.54) is 6.26 Å². The Morgan fingerprint density at radius 1 is 1.14 bits per heavy atom.